The molecule has 1 unspecified atom stereocenters. The van der Waals surface area contributed by atoms with Crippen molar-refractivity contribution in [2.24, 2.45) is 0 Å². The van der Waals surface area contributed by atoms with Gasteiger partial charge in [0.05, 0.1) is 11.8 Å². The Morgan fingerprint density at radius 1 is 1.35 bits per heavy atom. The van der Waals surface area contributed by atoms with Crippen LogP contribution in [0, 0.1) is 0 Å². The van der Waals surface area contributed by atoms with Crippen LogP contribution >= 0.6 is 0 Å². The van der Waals surface area contributed by atoms with Crippen molar-refractivity contribution in [3.63, 3.8) is 0 Å². The molecule has 1 aliphatic heterocycles. The quantitative estimate of drug-likeness (QED) is 0.813. The molecule has 4 nitrogen and oxygen atoms in total. The van der Waals surface area contributed by atoms with Crippen molar-refractivity contribution in [1.29, 1.82) is 0 Å². The fraction of sp³-hybridized carbons (Fsp3) is 0.538. The Morgan fingerprint density at radius 3 is 2.76 bits per heavy atom. The lowest BCUT2D eigenvalue weighted by Crippen LogP contribution is -2.43. The van der Waals surface area contributed by atoms with Gasteiger partial charge in [-0.15, -0.1) is 0 Å². The van der Waals surface area contributed by atoms with E-state index in [1.807, 2.05) is 18.2 Å². The van der Waals surface area contributed by atoms with Gasteiger partial charge in [0.15, 0.2) is 0 Å². The van der Waals surface area contributed by atoms with Gasteiger partial charge in [-0.05, 0) is 19.1 Å². The molecule has 1 aromatic carbocycles. The number of hydrogen-bond donors (Lipinski definition) is 2. The lowest BCUT2D eigenvalue weighted by Gasteiger charge is -2.30. The Labute approximate surface area is 102 Å². The number of nitrogens with one attached hydrogen (secondary N) is 1. The predicted molar refractivity (Wildman–Crippen MR) is 68.7 cm³/mol. The second-order valence-corrected chi connectivity index (χ2v) is 4.36. The summed E-state index contributed by atoms with van der Waals surface area (Å²) < 4.78 is 5.64. The number of piperazine rings is 1. The first-order valence-corrected chi connectivity index (χ1v) is 6.13. The lowest BCUT2D eigenvalue weighted by molar-refractivity contribution is 0.123. The zero-order chi connectivity index (χ0) is 12.1. The summed E-state index contributed by atoms with van der Waals surface area (Å²) in [5, 5.41) is 12.6. The van der Waals surface area contributed by atoms with E-state index in [0.717, 1.165) is 37.6 Å². The zero-order valence-corrected chi connectivity index (χ0v) is 10.2. The number of aliphatic hydroxyl groups excluding tert-OH is 1. The second-order valence-electron chi connectivity index (χ2n) is 4.36. The minimum absolute atomic E-state index is 0.336. The normalized spacial score (nSPS) is 17.9. The van der Waals surface area contributed by atoms with Crippen LogP contribution in [0.15, 0.2) is 24.3 Å². The maximum absolute atomic E-state index is 9.27. The van der Waals surface area contributed by atoms with Crippen LogP contribution in [0.4, 0.5) is 5.69 Å². The summed E-state index contributed by atoms with van der Waals surface area (Å²) >= 11 is 0. The van der Waals surface area contributed by atoms with E-state index in [-0.39, 0.29) is 0 Å². The van der Waals surface area contributed by atoms with E-state index < -0.39 is 6.10 Å². The molecule has 0 aliphatic carbocycles. The first-order chi connectivity index (χ1) is 8.27. The van der Waals surface area contributed by atoms with Crippen LogP contribution in [0.1, 0.15) is 6.92 Å². The van der Waals surface area contributed by atoms with E-state index in [9.17, 15) is 5.11 Å². The number of hydrogen-bond acceptors (Lipinski definition) is 4. The number of aliphatic hydroxyl groups is 1. The first kappa shape index (κ1) is 12.2. The fourth-order valence-electron chi connectivity index (χ4n) is 1.96. The molecule has 0 radical (unpaired) electrons. The molecule has 17 heavy (non-hydrogen) atoms. The molecule has 2 N–H and O–H groups in total. The second kappa shape index (κ2) is 5.89. The molecular weight excluding hydrogens is 216 g/mol. The third-order valence-corrected chi connectivity index (χ3v) is 2.80. The van der Waals surface area contributed by atoms with E-state index in [2.05, 4.69) is 16.3 Å². The number of anilines is 1. The highest BCUT2D eigenvalue weighted by Gasteiger charge is 2.14. The van der Waals surface area contributed by atoms with Crippen LogP contribution in [-0.2, 0) is 0 Å². The largest absolute Gasteiger partial charge is 0.489 e. The van der Waals surface area contributed by atoms with Crippen LogP contribution in [-0.4, -0.2) is 44.0 Å². The number of para-hydroxylation sites is 2. The highest BCUT2D eigenvalue weighted by atomic mass is 16.5. The molecule has 0 bridgehead atoms. The van der Waals surface area contributed by atoms with E-state index in [1.54, 1.807) is 6.92 Å². The number of rotatable bonds is 4. The van der Waals surface area contributed by atoms with Crippen molar-refractivity contribution >= 4 is 5.69 Å². The van der Waals surface area contributed by atoms with Crippen LogP contribution in [0.5, 0.6) is 5.75 Å². The van der Waals surface area contributed by atoms with Crippen molar-refractivity contribution in [1.82, 2.24) is 5.32 Å². The van der Waals surface area contributed by atoms with Crippen LogP contribution in [0.2, 0.25) is 0 Å². The van der Waals surface area contributed by atoms with Gasteiger partial charge < -0.3 is 20.1 Å². The zero-order valence-electron chi connectivity index (χ0n) is 10.2. The Hall–Kier alpha value is -1.26. The van der Waals surface area contributed by atoms with E-state index in [1.165, 1.54) is 0 Å². The molecule has 0 amide bonds. The van der Waals surface area contributed by atoms with E-state index >= 15 is 0 Å². The lowest BCUT2D eigenvalue weighted by atomic mass is 10.2. The summed E-state index contributed by atoms with van der Waals surface area (Å²) in [7, 11) is 0. The minimum atomic E-state index is -0.439. The van der Waals surface area contributed by atoms with Gasteiger partial charge in [0, 0.05) is 26.2 Å². The summed E-state index contributed by atoms with van der Waals surface area (Å²) in [6, 6.07) is 8.01. The fourth-order valence-corrected chi connectivity index (χ4v) is 1.96. The van der Waals surface area contributed by atoms with Crippen molar-refractivity contribution < 1.29 is 9.84 Å². The average molecular weight is 236 g/mol. The predicted octanol–water partition coefficient (Wildman–Crippen LogP) is 0.856. The third-order valence-electron chi connectivity index (χ3n) is 2.80. The Bertz CT molecular complexity index is 349. The van der Waals surface area contributed by atoms with Crippen LogP contribution in [0.25, 0.3) is 0 Å². The molecule has 0 spiro atoms. The van der Waals surface area contributed by atoms with Crippen molar-refractivity contribution in [3.8, 4) is 5.75 Å². The number of nitrogens with zero attached hydrogens (tertiary/aromatic N) is 1. The monoisotopic (exact) mass is 236 g/mol. The summed E-state index contributed by atoms with van der Waals surface area (Å²) in [6.45, 7) is 6.07. The molecule has 0 aromatic heterocycles. The third kappa shape index (κ3) is 3.35. The van der Waals surface area contributed by atoms with E-state index in [0.29, 0.717) is 6.61 Å². The van der Waals surface area contributed by atoms with Gasteiger partial charge in [-0.25, -0.2) is 0 Å². The van der Waals surface area contributed by atoms with Crippen molar-refractivity contribution in [2.45, 2.75) is 13.0 Å². The van der Waals surface area contributed by atoms with Gasteiger partial charge in [0.1, 0.15) is 12.4 Å². The summed E-state index contributed by atoms with van der Waals surface area (Å²) in [5.41, 5.74) is 1.12. The van der Waals surface area contributed by atoms with Crippen LogP contribution < -0.4 is 15.0 Å². The standard InChI is InChI=1S/C13H20N2O2/c1-11(16)10-17-13-5-3-2-4-12(13)15-8-6-14-7-9-15/h2-5,11,14,16H,6-10H2,1H3. The van der Waals surface area contributed by atoms with E-state index in [4.69, 9.17) is 4.74 Å². The maximum atomic E-state index is 9.27. The average Bonchev–Trinajstić information content (AvgIpc) is 2.38. The summed E-state index contributed by atoms with van der Waals surface area (Å²) in [4.78, 5) is 2.31. The number of ether oxygens (including phenoxy) is 1. The number of benzene rings is 1. The van der Waals surface area contributed by atoms with Gasteiger partial charge in [0.2, 0.25) is 0 Å². The molecule has 2 rings (SSSR count). The molecule has 1 fully saturated rings. The van der Waals surface area contributed by atoms with Gasteiger partial charge in [-0.3, -0.25) is 0 Å². The molecule has 1 aliphatic rings. The highest BCUT2D eigenvalue weighted by molar-refractivity contribution is 5.58. The Balaban J connectivity index is 2.09. The smallest absolute Gasteiger partial charge is 0.142 e. The Kier molecular flexibility index (Phi) is 4.23. The molecule has 1 atom stereocenters. The first-order valence-electron chi connectivity index (χ1n) is 6.13. The summed E-state index contributed by atoms with van der Waals surface area (Å²) in [5.74, 6) is 0.857. The van der Waals surface area contributed by atoms with Gasteiger partial charge in [-0.1, -0.05) is 12.1 Å². The molecule has 0 saturated carbocycles. The van der Waals surface area contributed by atoms with Gasteiger partial charge >= 0.3 is 0 Å². The van der Waals surface area contributed by atoms with Gasteiger partial charge in [-0.2, -0.15) is 0 Å². The molecular formula is C13H20N2O2. The van der Waals surface area contributed by atoms with Crippen molar-refractivity contribution in [2.75, 3.05) is 37.7 Å². The van der Waals surface area contributed by atoms with Crippen LogP contribution in [0.3, 0.4) is 0 Å². The van der Waals surface area contributed by atoms with Crippen molar-refractivity contribution in [3.05, 3.63) is 24.3 Å². The SMILES string of the molecule is CC(O)COc1ccccc1N1CCNCC1. The minimum Gasteiger partial charge on any atom is -0.489 e. The van der Waals surface area contributed by atoms with Gasteiger partial charge in [0.25, 0.3) is 0 Å². The molecule has 1 heterocycles. The molecule has 94 valence electrons. The molecule has 1 aromatic rings. The molecule has 4 heteroatoms. The topological polar surface area (TPSA) is 44.7 Å². The molecule has 1 saturated heterocycles. The summed E-state index contributed by atoms with van der Waals surface area (Å²) in [6.07, 6.45) is -0.439. The maximum Gasteiger partial charge on any atom is 0.142 e. The highest BCUT2D eigenvalue weighted by Crippen LogP contribution is 2.28. The Morgan fingerprint density at radius 2 is 2.06 bits per heavy atom.